The predicted molar refractivity (Wildman–Crippen MR) is 86.1 cm³/mol. The van der Waals surface area contributed by atoms with E-state index < -0.39 is 0 Å². The maximum Gasteiger partial charge on any atom is -0.0132 e. The molecule has 0 spiro atoms. The zero-order chi connectivity index (χ0) is 14.4. The monoisotopic (exact) mass is 254 g/mol. The highest BCUT2D eigenvalue weighted by Gasteiger charge is 2.17. The second kappa shape index (κ2) is 4.37. The van der Waals surface area contributed by atoms with Crippen molar-refractivity contribution >= 4 is 10.8 Å². The smallest absolute Gasteiger partial charge is 0.0132 e. The van der Waals surface area contributed by atoms with Gasteiger partial charge in [0.2, 0.25) is 0 Å². The van der Waals surface area contributed by atoms with Crippen molar-refractivity contribution in [3.63, 3.8) is 0 Å². The Hall–Kier alpha value is -1.30. The molecule has 0 heteroatoms. The molecule has 0 bridgehead atoms. The van der Waals surface area contributed by atoms with E-state index in [-0.39, 0.29) is 10.8 Å². The van der Waals surface area contributed by atoms with Crippen molar-refractivity contribution in [3.05, 3.63) is 47.0 Å². The van der Waals surface area contributed by atoms with Gasteiger partial charge in [0.25, 0.3) is 0 Å². The molecule has 0 aliphatic rings. The van der Waals surface area contributed by atoms with Gasteiger partial charge in [0, 0.05) is 0 Å². The lowest BCUT2D eigenvalue weighted by Gasteiger charge is -2.23. The minimum Gasteiger partial charge on any atom is -0.0579 e. The van der Waals surface area contributed by atoms with Crippen LogP contribution in [0.5, 0.6) is 0 Å². The number of rotatable bonds is 0. The molecule has 0 radical (unpaired) electrons. The zero-order valence-electron chi connectivity index (χ0n) is 13.4. The van der Waals surface area contributed by atoms with Crippen LogP contribution in [0.1, 0.15) is 58.2 Å². The molecular weight excluding hydrogens is 228 g/mol. The van der Waals surface area contributed by atoms with Gasteiger partial charge in [-0.2, -0.15) is 0 Å². The molecule has 0 nitrogen and oxygen atoms in total. The Bertz CT molecular complexity index is 604. The molecule has 102 valence electrons. The van der Waals surface area contributed by atoms with Gasteiger partial charge in [0.1, 0.15) is 0 Å². The first-order valence-corrected chi connectivity index (χ1v) is 7.14. The molecule has 19 heavy (non-hydrogen) atoms. The molecule has 0 saturated heterocycles. The maximum absolute atomic E-state index is 2.36. The first-order valence-electron chi connectivity index (χ1n) is 7.14. The van der Waals surface area contributed by atoms with Gasteiger partial charge in [-0.3, -0.25) is 0 Å². The van der Waals surface area contributed by atoms with Crippen molar-refractivity contribution in [2.45, 2.75) is 59.3 Å². The molecule has 0 saturated carbocycles. The second-order valence-corrected chi connectivity index (χ2v) is 7.73. The van der Waals surface area contributed by atoms with Gasteiger partial charge >= 0.3 is 0 Å². The van der Waals surface area contributed by atoms with Crippen LogP contribution in [-0.4, -0.2) is 0 Å². The molecule has 0 unspecified atom stereocenters. The minimum atomic E-state index is 0.210. The van der Waals surface area contributed by atoms with Gasteiger partial charge < -0.3 is 0 Å². The molecule has 2 aromatic rings. The van der Waals surface area contributed by atoms with Gasteiger partial charge in [-0.05, 0) is 45.2 Å². The Morgan fingerprint density at radius 3 is 1.79 bits per heavy atom. The first kappa shape index (κ1) is 14.1. The fraction of sp³-hybridized carbons (Fsp3) is 0.474. The SMILES string of the molecule is Cc1cc(C(C)(C)C)cc2ccc(C(C)(C)C)cc12. The van der Waals surface area contributed by atoms with Crippen LogP contribution in [0, 0.1) is 6.92 Å². The summed E-state index contributed by atoms with van der Waals surface area (Å²) in [5, 5.41) is 2.75. The summed E-state index contributed by atoms with van der Waals surface area (Å²) in [6.45, 7) is 15.9. The standard InChI is InChI=1S/C19H26/c1-13-10-16(19(5,6)7)11-14-8-9-15(12-17(13)14)18(2,3)4/h8-12H,1-7H3. The van der Waals surface area contributed by atoms with Crippen molar-refractivity contribution in [1.29, 1.82) is 0 Å². The lowest BCUT2D eigenvalue weighted by Crippen LogP contribution is -2.12. The highest BCUT2D eigenvalue weighted by atomic mass is 14.2. The highest BCUT2D eigenvalue weighted by Crippen LogP contribution is 2.31. The first-order chi connectivity index (χ1) is 8.59. The zero-order valence-corrected chi connectivity index (χ0v) is 13.4. The molecule has 0 amide bonds. The van der Waals surface area contributed by atoms with Crippen LogP contribution in [0.4, 0.5) is 0 Å². The Kier molecular flexibility index (Phi) is 3.24. The third kappa shape index (κ3) is 2.83. The van der Waals surface area contributed by atoms with Crippen LogP contribution in [0.15, 0.2) is 30.3 Å². The Labute approximate surface area is 117 Å². The largest absolute Gasteiger partial charge is 0.0579 e. The number of fused-ring (bicyclic) bond motifs is 1. The number of benzene rings is 2. The third-order valence-electron chi connectivity index (χ3n) is 3.89. The van der Waals surface area contributed by atoms with Gasteiger partial charge in [0.05, 0.1) is 0 Å². The predicted octanol–water partition coefficient (Wildman–Crippen LogP) is 5.74. The molecule has 0 aliphatic heterocycles. The molecule has 0 atom stereocenters. The molecule has 0 aromatic heterocycles. The van der Waals surface area contributed by atoms with Gasteiger partial charge in [0.15, 0.2) is 0 Å². The maximum atomic E-state index is 2.36. The normalized spacial score (nSPS) is 13.0. The number of aryl methyl sites for hydroxylation is 1. The molecule has 0 aliphatic carbocycles. The van der Waals surface area contributed by atoms with Crippen LogP contribution >= 0.6 is 0 Å². The van der Waals surface area contributed by atoms with E-state index in [1.54, 1.807) is 0 Å². The fourth-order valence-corrected chi connectivity index (χ4v) is 2.44. The van der Waals surface area contributed by atoms with Crippen LogP contribution in [0.3, 0.4) is 0 Å². The van der Waals surface area contributed by atoms with Gasteiger partial charge in [-0.25, -0.2) is 0 Å². The lowest BCUT2D eigenvalue weighted by molar-refractivity contribution is 0.589. The quantitative estimate of drug-likeness (QED) is 0.562. The molecule has 2 rings (SSSR count). The van der Waals surface area contributed by atoms with E-state index in [2.05, 4.69) is 78.8 Å². The number of hydrogen-bond acceptors (Lipinski definition) is 0. The third-order valence-corrected chi connectivity index (χ3v) is 3.89. The van der Waals surface area contributed by atoms with Crippen molar-refractivity contribution in [2.24, 2.45) is 0 Å². The molecular formula is C19H26. The van der Waals surface area contributed by atoms with Crippen LogP contribution < -0.4 is 0 Å². The van der Waals surface area contributed by atoms with E-state index in [0.717, 1.165) is 0 Å². The van der Waals surface area contributed by atoms with E-state index in [9.17, 15) is 0 Å². The second-order valence-electron chi connectivity index (χ2n) is 7.73. The summed E-state index contributed by atoms with van der Waals surface area (Å²) in [7, 11) is 0. The molecule has 0 fully saturated rings. The van der Waals surface area contributed by atoms with Gasteiger partial charge in [-0.15, -0.1) is 0 Å². The summed E-state index contributed by atoms with van der Waals surface area (Å²) in [6.07, 6.45) is 0. The molecule has 0 heterocycles. The van der Waals surface area contributed by atoms with Crippen molar-refractivity contribution < 1.29 is 0 Å². The Morgan fingerprint density at radius 2 is 1.26 bits per heavy atom. The summed E-state index contributed by atoms with van der Waals surface area (Å²) in [5.41, 5.74) is 4.63. The van der Waals surface area contributed by atoms with Crippen molar-refractivity contribution in [3.8, 4) is 0 Å². The minimum absolute atomic E-state index is 0.210. The lowest BCUT2D eigenvalue weighted by atomic mass is 9.82. The average molecular weight is 254 g/mol. The summed E-state index contributed by atoms with van der Waals surface area (Å²) in [5.74, 6) is 0. The van der Waals surface area contributed by atoms with E-state index in [1.807, 2.05) is 0 Å². The summed E-state index contributed by atoms with van der Waals surface area (Å²) >= 11 is 0. The Balaban J connectivity index is 2.67. The molecule has 0 N–H and O–H groups in total. The average Bonchev–Trinajstić information content (AvgIpc) is 2.26. The molecule has 2 aromatic carbocycles. The topological polar surface area (TPSA) is 0 Å². The summed E-state index contributed by atoms with van der Waals surface area (Å²) < 4.78 is 0. The fourth-order valence-electron chi connectivity index (χ4n) is 2.44. The van der Waals surface area contributed by atoms with Crippen LogP contribution in [0.2, 0.25) is 0 Å². The summed E-state index contributed by atoms with van der Waals surface area (Å²) in [6, 6.07) is 11.6. The van der Waals surface area contributed by atoms with Gasteiger partial charge in [-0.1, -0.05) is 71.9 Å². The van der Waals surface area contributed by atoms with E-state index in [0.29, 0.717) is 0 Å². The van der Waals surface area contributed by atoms with Crippen LogP contribution in [0.25, 0.3) is 10.8 Å². The van der Waals surface area contributed by atoms with Crippen molar-refractivity contribution in [1.82, 2.24) is 0 Å². The summed E-state index contributed by atoms with van der Waals surface area (Å²) in [4.78, 5) is 0. The van der Waals surface area contributed by atoms with Crippen LogP contribution in [-0.2, 0) is 10.8 Å². The van der Waals surface area contributed by atoms with E-state index in [1.165, 1.54) is 27.5 Å². The Morgan fingerprint density at radius 1 is 0.684 bits per heavy atom. The highest BCUT2D eigenvalue weighted by molar-refractivity contribution is 5.87. The van der Waals surface area contributed by atoms with E-state index >= 15 is 0 Å². The van der Waals surface area contributed by atoms with Crippen molar-refractivity contribution in [2.75, 3.05) is 0 Å². The number of hydrogen-bond donors (Lipinski definition) is 0. The van der Waals surface area contributed by atoms with E-state index in [4.69, 9.17) is 0 Å².